The van der Waals surface area contributed by atoms with Crippen molar-refractivity contribution in [2.75, 3.05) is 0 Å². The van der Waals surface area contributed by atoms with Gasteiger partial charge < -0.3 is 5.32 Å². The lowest BCUT2D eigenvalue weighted by molar-refractivity contribution is -0.122. The molecule has 2 aromatic rings. The minimum absolute atomic E-state index is 0.00742. The summed E-state index contributed by atoms with van der Waals surface area (Å²) in [6, 6.07) is 4.71. The summed E-state index contributed by atoms with van der Waals surface area (Å²) in [5, 5.41) is 7.36. The number of rotatable bonds is 3. The average molecular weight is 301 g/mol. The third-order valence-electron chi connectivity index (χ3n) is 4.60. The van der Waals surface area contributed by atoms with E-state index in [0.29, 0.717) is 6.54 Å². The van der Waals surface area contributed by atoms with Crippen molar-refractivity contribution in [1.82, 2.24) is 15.1 Å². The summed E-state index contributed by atoms with van der Waals surface area (Å²) in [7, 11) is 1.90. The van der Waals surface area contributed by atoms with Crippen LogP contribution in [-0.2, 0) is 24.8 Å². The first-order chi connectivity index (χ1) is 10.5. The first-order valence-corrected chi connectivity index (χ1v) is 7.52. The van der Waals surface area contributed by atoms with Crippen molar-refractivity contribution in [2.45, 2.75) is 39.2 Å². The third kappa shape index (κ3) is 2.51. The lowest BCUT2D eigenvalue weighted by Gasteiger charge is -2.12. The molecular weight excluding hydrogens is 281 g/mol. The summed E-state index contributed by atoms with van der Waals surface area (Å²) in [6.45, 7) is 4.43. The van der Waals surface area contributed by atoms with Crippen LogP contribution in [-0.4, -0.2) is 15.7 Å². The number of nitrogens with one attached hydrogen (secondary N) is 1. The Labute approximate surface area is 129 Å². The molecule has 1 heterocycles. The van der Waals surface area contributed by atoms with Crippen molar-refractivity contribution in [1.29, 1.82) is 0 Å². The van der Waals surface area contributed by atoms with Gasteiger partial charge in [-0.05, 0) is 49.9 Å². The lowest BCUT2D eigenvalue weighted by Crippen LogP contribution is -2.28. The SMILES string of the molecule is Cc1nn(C)c(C)c1CNC(=O)C1CCc2cc(F)ccc21. The summed E-state index contributed by atoms with van der Waals surface area (Å²) in [5.74, 6) is -0.401. The molecule has 22 heavy (non-hydrogen) atoms. The molecule has 3 rings (SSSR count). The van der Waals surface area contributed by atoms with E-state index < -0.39 is 0 Å². The molecule has 0 saturated carbocycles. The topological polar surface area (TPSA) is 46.9 Å². The standard InChI is InChI=1S/C17H20FN3O/c1-10-16(11(2)21(3)20-10)9-19-17(22)15-6-4-12-8-13(18)5-7-14(12)15/h5,7-8,15H,4,6,9H2,1-3H3,(H,19,22). The Morgan fingerprint density at radius 3 is 2.91 bits per heavy atom. The van der Waals surface area contributed by atoms with E-state index >= 15 is 0 Å². The zero-order chi connectivity index (χ0) is 15.9. The molecule has 4 nitrogen and oxygen atoms in total. The molecule has 1 aromatic carbocycles. The molecule has 0 aliphatic heterocycles. The summed E-state index contributed by atoms with van der Waals surface area (Å²) >= 11 is 0. The van der Waals surface area contributed by atoms with Gasteiger partial charge in [-0.1, -0.05) is 6.07 Å². The maximum Gasteiger partial charge on any atom is 0.227 e. The number of fused-ring (bicyclic) bond motifs is 1. The quantitative estimate of drug-likeness (QED) is 0.947. The Morgan fingerprint density at radius 1 is 1.45 bits per heavy atom. The van der Waals surface area contributed by atoms with Gasteiger partial charge in [-0.15, -0.1) is 0 Å². The van der Waals surface area contributed by atoms with Crippen LogP contribution >= 0.6 is 0 Å². The molecule has 1 aliphatic rings. The van der Waals surface area contributed by atoms with E-state index in [1.54, 1.807) is 6.07 Å². The molecular formula is C17H20FN3O. The average Bonchev–Trinajstić information content (AvgIpc) is 2.99. The van der Waals surface area contributed by atoms with Crippen LogP contribution < -0.4 is 5.32 Å². The van der Waals surface area contributed by atoms with Crippen LogP contribution in [0.5, 0.6) is 0 Å². The van der Waals surface area contributed by atoms with Crippen LogP contribution in [0.3, 0.4) is 0 Å². The first kappa shape index (κ1) is 14.8. The van der Waals surface area contributed by atoms with Gasteiger partial charge in [0.05, 0.1) is 11.6 Å². The van der Waals surface area contributed by atoms with Gasteiger partial charge in [0.1, 0.15) is 5.82 Å². The normalized spacial score (nSPS) is 16.6. The number of halogens is 1. The van der Waals surface area contributed by atoms with Gasteiger partial charge in [0.2, 0.25) is 5.91 Å². The second kappa shape index (κ2) is 5.55. The Morgan fingerprint density at radius 2 is 2.23 bits per heavy atom. The first-order valence-electron chi connectivity index (χ1n) is 7.52. The summed E-state index contributed by atoms with van der Waals surface area (Å²) in [4.78, 5) is 12.5. The summed E-state index contributed by atoms with van der Waals surface area (Å²) < 4.78 is 15.1. The molecule has 116 valence electrons. The maximum absolute atomic E-state index is 13.2. The molecule has 1 aromatic heterocycles. The molecule has 0 fully saturated rings. The molecule has 0 bridgehead atoms. The van der Waals surface area contributed by atoms with Gasteiger partial charge in [-0.2, -0.15) is 5.10 Å². The van der Waals surface area contributed by atoms with Crippen LogP contribution in [0.1, 0.15) is 40.4 Å². The highest BCUT2D eigenvalue weighted by Crippen LogP contribution is 2.33. The van der Waals surface area contributed by atoms with Crippen LogP contribution in [0.25, 0.3) is 0 Å². The number of nitrogens with zero attached hydrogens (tertiary/aromatic N) is 2. The number of aromatic nitrogens is 2. The van der Waals surface area contributed by atoms with E-state index in [1.165, 1.54) is 12.1 Å². The van der Waals surface area contributed by atoms with E-state index in [2.05, 4.69) is 10.4 Å². The van der Waals surface area contributed by atoms with Gasteiger partial charge in [0, 0.05) is 24.8 Å². The predicted molar refractivity (Wildman–Crippen MR) is 82.0 cm³/mol. The highest BCUT2D eigenvalue weighted by molar-refractivity contribution is 5.84. The van der Waals surface area contributed by atoms with E-state index in [4.69, 9.17) is 0 Å². The molecule has 0 radical (unpaired) electrons. The smallest absolute Gasteiger partial charge is 0.227 e. The highest BCUT2D eigenvalue weighted by atomic mass is 19.1. The number of carbonyl (C=O) groups is 1. The van der Waals surface area contributed by atoms with Crippen molar-refractivity contribution < 1.29 is 9.18 Å². The van der Waals surface area contributed by atoms with Crippen LogP contribution in [0.2, 0.25) is 0 Å². The van der Waals surface area contributed by atoms with Crippen LogP contribution in [0.4, 0.5) is 4.39 Å². The number of aryl methyl sites for hydroxylation is 3. The lowest BCUT2D eigenvalue weighted by atomic mass is 10.0. The minimum Gasteiger partial charge on any atom is -0.351 e. The molecule has 0 saturated heterocycles. The van der Waals surface area contributed by atoms with E-state index in [9.17, 15) is 9.18 Å². The number of carbonyl (C=O) groups excluding carboxylic acids is 1. The van der Waals surface area contributed by atoms with Crippen molar-refractivity contribution in [3.8, 4) is 0 Å². The van der Waals surface area contributed by atoms with Gasteiger partial charge in [-0.3, -0.25) is 9.48 Å². The Balaban J connectivity index is 1.72. The molecule has 1 N–H and O–H groups in total. The Hall–Kier alpha value is -2.17. The molecule has 1 unspecified atom stereocenters. The third-order valence-corrected chi connectivity index (χ3v) is 4.60. The highest BCUT2D eigenvalue weighted by Gasteiger charge is 2.28. The van der Waals surface area contributed by atoms with Crippen molar-refractivity contribution in [3.05, 3.63) is 52.1 Å². The zero-order valence-electron chi connectivity index (χ0n) is 13.1. The van der Waals surface area contributed by atoms with E-state index in [1.807, 2.05) is 25.6 Å². The fourth-order valence-corrected chi connectivity index (χ4v) is 3.23. The molecule has 1 amide bonds. The monoisotopic (exact) mass is 301 g/mol. The second-order valence-electron chi connectivity index (χ2n) is 5.93. The van der Waals surface area contributed by atoms with E-state index in [-0.39, 0.29) is 17.6 Å². The van der Waals surface area contributed by atoms with Gasteiger partial charge in [0.25, 0.3) is 0 Å². The number of hydrogen-bond acceptors (Lipinski definition) is 2. The van der Waals surface area contributed by atoms with Gasteiger partial charge >= 0.3 is 0 Å². The van der Waals surface area contributed by atoms with Crippen LogP contribution in [0.15, 0.2) is 18.2 Å². The second-order valence-corrected chi connectivity index (χ2v) is 5.93. The molecule has 0 spiro atoms. The molecule has 1 atom stereocenters. The largest absolute Gasteiger partial charge is 0.351 e. The maximum atomic E-state index is 13.2. The van der Waals surface area contributed by atoms with Crippen molar-refractivity contribution in [2.24, 2.45) is 7.05 Å². The fourth-order valence-electron chi connectivity index (χ4n) is 3.23. The Kier molecular flexibility index (Phi) is 3.72. The number of hydrogen-bond donors (Lipinski definition) is 1. The number of amides is 1. The molecule has 1 aliphatic carbocycles. The van der Waals surface area contributed by atoms with Crippen molar-refractivity contribution in [3.63, 3.8) is 0 Å². The zero-order valence-corrected chi connectivity index (χ0v) is 13.1. The molecule has 5 heteroatoms. The van der Waals surface area contributed by atoms with Gasteiger partial charge in [-0.25, -0.2) is 4.39 Å². The van der Waals surface area contributed by atoms with Crippen LogP contribution in [0, 0.1) is 19.7 Å². The van der Waals surface area contributed by atoms with E-state index in [0.717, 1.165) is 40.9 Å². The minimum atomic E-state index is -0.235. The predicted octanol–water partition coefficient (Wildman–Crippen LogP) is 2.52. The summed E-state index contributed by atoms with van der Waals surface area (Å²) in [5.41, 5.74) is 4.97. The number of benzene rings is 1. The summed E-state index contributed by atoms with van der Waals surface area (Å²) in [6.07, 6.45) is 1.51. The fraction of sp³-hybridized carbons (Fsp3) is 0.412. The Bertz CT molecular complexity index is 736. The van der Waals surface area contributed by atoms with Crippen molar-refractivity contribution >= 4 is 5.91 Å². The van der Waals surface area contributed by atoms with Gasteiger partial charge in [0.15, 0.2) is 0 Å².